The molecule has 1 amide bonds. The average molecular weight is 575 g/mol. The number of nitrogens with zero attached hydrogens (tertiary/aromatic N) is 3. The molecule has 212 valence electrons. The fourth-order valence-corrected chi connectivity index (χ4v) is 6.44. The summed E-state index contributed by atoms with van der Waals surface area (Å²) < 4.78 is 19.1. The standard InChI is InChI=1S/C32H32ClFN4O3/c1-31(24-5-7-25(33)8-6-24)20-36-21-32(31,37(2)30(40)41-28-13-9-26(34)10-14-28)29(39)23-15-17-38(18-16-23)27-11-3-22(19-35)4-12-27/h3-14,23,36H,15-18,20-21H2,1-2H3/t31-,32-/m0/s1. The Labute approximate surface area is 244 Å². The highest BCUT2D eigenvalue weighted by Crippen LogP contribution is 2.46. The second-order valence-electron chi connectivity index (χ2n) is 11.0. The maximum atomic E-state index is 14.7. The lowest BCUT2D eigenvalue weighted by Crippen LogP contribution is -2.68. The van der Waals surface area contributed by atoms with Crippen LogP contribution in [-0.2, 0) is 10.2 Å². The lowest BCUT2D eigenvalue weighted by atomic mass is 9.63. The van der Waals surface area contributed by atoms with Crippen molar-refractivity contribution in [1.29, 1.82) is 5.26 Å². The summed E-state index contributed by atoms with van der Waals surface area (Å²) in [6.45, 7) is 4.08. The zero-order chi connectivity index (χ0) is 29.2. The molecule has 0 aromatic heterocycles. The molecule has 2 saturated heterocycles. The van der Waals surface area contributed by atoms with Gasteiger partial charge >= 0.3 is 6.09 Å². The van der Waals surface area contributed by atoms with Crippen LogP contribution in [-0.4, -0.2) is 55.5 Å². The number of nitriles is 1. The number of ether oxygens (including phenoxy) is 1. The fourth-order valence-electron chi connectivity index (χ4n) is 6.32. The van der Waals surface area contributed by atoms with Crippen LogP contribution in [0.15, 0.2) is 72.8 Å². The molecule has 0 bridgehead atoms. The number of carbonyl (C=O) groups excluding carboxylic acids is 2. The smallest absolute Gasteiger partial charge is 0.410 e. The van der Waals surface area contributed by atoms with Crippen molar-refractivity contribution < 1.29 is 18.7 Å². The fraction of sp³-hybridized carbons (Fsp3) is 0.344. The van der Waals surface area contributed by atoms with Crippen LogP contribution in [0.25, 0.3) is 0 Å². The van der Waals surface area contributed by atoms with E-state index in [0.29, 0.717) is 43.1 Å². The Kier molecular flexibility index (Phi) is 8.03. The number of hydrogen-bond acceptors (Lipinski definition) is 6. The van der Waals surface area contributed by atoms with Gasteiger partial charge in [0.25, 0.3) is 0 Å². The van der Waals surface area contributed by atoms with Gasteiger partial charge in [-0.05, 0) is 79.1 Å². The van der Waals surface area contributed by atoms with Crippen LogP contribution in [0.5, 0.6) is 5.75 Å². The Morgan fingerprint density at radius 1 is 1.02 bits per heavy atom. The zero-order valence-electron chi connectivity index (χ0n) is 23.1. The summed E-state index contributed by atoms with van der Waals surface area (Å²) in [6.07, 6.45) is 0.555. The van der Waals surface area contributed by atoms with E-state index in [4.69, 9.17) is 21.6 Å². The summed E-state index contributed by atoms with van der Waals surface area (Å²) in [5.41, 5.74) is 0.468. The summed E-state index contributed by atoms with van der Waals surface area (Å²) in [6, 6.07) is 22.2. The van der Waals surface area contributed by atoms with E-state index in [1.165, 1.54) is 29.2 Å². The molecule has 3 aromatic rings. The Morgan fingerprint density at radius 3 is 2.27 bits per heavy atom. The van der Waals surface area contributed by atoms with Crippen molar-refractivity contribution in [3.05, 3.63) is 94.8 Å². The number of ketones is 1. The minimum absolute atomic E-state index is 0.0158. The van der Waals surface area contributed by atoms with E-state index in [2.05, 4.69) is 16.3 Å². The topological polar surface area (TPSA) is 85.7 Å². The van der Waals surface area contributed by atoms with Gasteiger partial charge in [-0.2, -0.15) is 5.26 Å². The van der Waals surface area contributed by atoms with Gasteiger partial charge in [0.05, 0.1) is 11.6 Å². The van der Waals surface area contributed by atoms with Crippen LogP contribution in [0.2, 0.25) is 5.02 Å². The third-order valence-electron chi connectivity index (χ3n) is 8.75. The van der Waals surface area contributed by atoms with E-state index < -0.39 is 22.9 Å². The molecule has 0 spiro atoms. The molecule has 2 heterocycles. The maximum Gasteiger partial charge on any atom is 0.415 e. The molecule has 0 saturated carbocycles. The molecule has 0 radical (unpaired) electrons. The SMILES string of the molecule is CN(C(=O)Oc1ccc(F)cc1)[C@]1(C(=O)C2CCN(c3ccc(C#N)cc3)CC2)CNC[C@@]1(C)c1ccc(Cl)cc1. The first-order chi connectivity index (χ1) is 19.7. The Balaban J connectivity index is 1.45. The predicted octanol–water partition coefficient (Wildman–Crippen LogP) is 5.57. The molecule has 7 nitrogen and oxygen atoms in total. The minimum Gasteiger partial charge on any atom is -0.410 e. The van der Waals surface area contributed by atoms with Crippen molar-refractivity contribution in [3.8, 4) is 11.8 Å². The van der Waals surface area contributed by atoms with E-state index in [1.54, 1.807) is 31.3 Å². The molecule has 0 aliphatic carbocycles. The van der Waals surface area contributed by atoms with Crippen molar-refractivity contribution in [3.63, 3.8) is 0 Å². The third-order valence-corrected chi connectivity index (χ3v) is 9.01. The number of carbonyl (C=O) groups is 2. The molecule has 0 unspecified atom stereocenters. The quantitative estimate of drug-likeness (QED) is 0.414. The van der Waals surface area contributed by atoms with Gasteiger partial charge in [0.15, 0.2) is 5.78 Å². The van der Waals surface area contributed by atoms with Gasteiger partial charge in [0.1, 0.15) is 17.1 Å². The first-order valence-corrected chi connectivity index (χ1v) is 14.0. The van der Waals surface area contributed by atoms with Gasteiger partial charge in [0.2, 0.25) is 0 Å². The molecule has 3 aromatic carbocycles. The van der Waals surface area contributed by atoms with Crippen LogP contribution in [0, 0.1) is 23.1 Å². The monoisotopic (exact) mass is 574 g/mol. The number of piperidine rings is 1. The Morgan fingerprint density at radius 2 is 1.66 bits per heavy atom. The van der Waals surface area contributed by atoms with Crippen LogP contribution >= 0.6 is 11.6 Å². The number of rotatable bonds is 6. The number of Topliss-reactive ketones (excluding diaryl/α,β-unsaturated/α-hetero) is 1. The molecular weight excluding hydrogens is 543 g/mol. The molecule has 9 heteroatoms. The van der Waals surface area contributed by atoms with E-state index in [9.17, 15) is 14.0 Å². The number of nitrogens with one attached hydrogen (secondary N) is 1. The van der Waals surface area contributed by atoms with Crippen molar-refractivity contribution in [2.75, 3.05) is 38.1 Å². The number of anilines is 1. The van der Waals surface area contributed by atoms with Gasteiger partial charge < -0.3 is 15.0 Å². The van der Waals surface area contributed by atoms with Crippen molar-refractivity contribution in [2.45, 2.75) is 30.7 Å². The third kappa shape index (κ3) is 5.28. The second-order valence-corrected chi connectivity index (χ2v) is 11.4. The number of benzene rings is 3. The largest absolute Gasteiger partial charge is 0.415 e. The summed E-state index contributed by atoms with van der Waals surface area (Å²) in [5.74, 6) is -0.539. The lowest BCUT2D eigenvalue weighted by molar-refractivity contribution is -0.136. The predicted molar refractivity (Wildman–Crippen MR) is 156 cm³/mol. The molecule has 5 rings (SSSR count). The molecule has 2 aliphatic rings. The summed E-state index contributed by atoms with van der Waals surface area (Å²) >= 11 is 6.20. The van der Waals surface area contributed by atoms with Crippen LogP contribution in [0.3, 0.4) is 0 Å². The van der Waals surface area contributed by atoms with Crippen molar-refractivity contribution >= 4 is 29.2 Å². The minimum atomic E-state index is -1.25. The van der Waals surface area contributed by atoms with Gasteiger partial charge in [-0.25, -0.2) is 9.18 Å². The molecule has 2 fully saturated rings. The van der Waals surface area contributed by atoms with E-state index in [0.717, 1.165) is 11.3 Å². The van der Waals surface area contributed by atoms with E-state index >= 15 is 0 Å². The highest BCUT2D eigenvalue weighted by Gasteiger charge is 2.62. The van der Waals surface area contributed by atoms with Gasteiger partial charge in [-0.1, -0.05) is 30.7 Å². The van der Waals surface area contributed by atoms with Crippen molar-refractivity contribution in [2.24, 2.45) is 5.92 Å². The second kappa shape index (κ2) is 11.5. The van der Waals surface area contributed by atoms with Crippen LogP contribution in [0.4, 0.5) is 14.9 Å². The Hall–Kier alpha value is -3.93. The number of halogens is 2. The molecule has 1 N–H and O–H groups in total. The highest BCUT2D eigenvalue weighted by atomic mass is 35.5. The lowest BCUT2D eigenvalue weighted by Gasteiger charge is -2.49. The normalized spacial score (nSPS) is 22.7. The number of amides is 1. The molecule has 41 heavy (non-hydrogen) atoms. The van der Waals surface area contributed by atoms with Gasteiger partial charge in [-0.15, -0.1) is 0 Å². The first kappa shape index (κ1) is 28.6. The molecular formula is C32H32ClFN4O3. The Bertz CT molecular complexity index is 1450. The average Bonchev–Trinajstić information content (AvgIpc) is 3.36. The zero-order valence-corrected chi connectivity index (χ0v) is 23.8. The maximum absolute atomic E-state index is 14.7. The number of likely N-dealkylation sites (N-methyl/N-ethyl adjacent to an activating group) is 1. The highest BCUT2D eigenvalue weighted by molar-refractivity contribution is 6.30. The molecule has 2 atom stereocenters. The van der Waals surface area contributed by atoms with Gasteiger partial charge in [0, 0.05) is 55.3 Å². The van der Waals surface area contributed by atoms with E-state index in [-0.39, 0.29) is 24.0 Å². The van der Waals surface area contributed by atoms with E-state index in [1.807, 2.05) is 31.2 Å². The van der Waals surface area contributed by atoms with Crippen LogP contribution in [0.1, 0.15) is 30.9 Å². The van der Waals surface area contributed by atoms with Crippen molar-refractivity contribution in [1.82, 2.24) is 10.2 Å². The molecule has 2 aliphatic heterocycles. The summed E-state index contributed by atoms with van der Waals surface area (Å²) in [4.78, 5) is 32.0. The summed E-state index contributed by atoms with van der Waals surface area (Å²) in [7, 11) is 1.61. The van der Waals surface area contributed by atoms with Crippen LogP contribution < -0.4 is 15.0 Å². The summed E-state index contributed by atoms with van der Waals surface area (Å²) in [5, 5.41) is 13.1. The number of hydrogen-bond donors (Lipinski definition) is 1. The first-order valence-electron chi connectivity index (χ1n) is 13.7. The van der Waals surface area contributed by atoms with Gasteiger partial charge in [-0.3, -0.25) is 9.69 Å².